The van der Waals surface area contributed by atoms with E-state index in [2.05, 4.69) is 20.8 Å². The lowest BCUT2D eigenvalue weighted by Crippen LogP contribution is -2.46. The van der Waals surface area contributed by atoms with Crippen molar-refractivity contribution in [1.82, 2.24) is 4.90 Å². The molecule has 1 aromatic carbocycles. The van der Waals surface area contributed by atoms with E-state index in [0.29, 0.717) is 12.2 Å². The van der Waals surface area contributed by atoms with E-state index in [0.717, 1.165) is 0 Å². The summed E-state index contributed by atoms with van der Waals surface area (Å²) in [4.78, 5) is 25.4. The summed E-state index contributed by atoms with van der Waals surface area (Å²) in [5.41, 5.74) is 1.21. The van der Waals surface area contributed by atoms with Gasteiger partial charge in [-0.3, -0.25) is 4.79 Å². The van der Waals surface area contributed by atoms with Crippen LogP contribution in [0.2, 0.25) is 0 Å². The number of likely N-dealkylation sites (tertiary alicyclic amines) is 1. The standard InChI is InChI=1S/C19H27NO5/c1-12(25-14-8-6-13(7-9-14)19(2,3)4)17(21)20-11-15(24-5)10-16(20)18(22)23/h6-9,12,15-16H,10-11H2,1-5H3,(H,22,23). The third-order valence-corrected chi connectivity index (χ3v) is 4.55. The number of carbonyl (C=O) groups excluding carboxylic acids is 1. The summed E-state index contributed by atoms with van der Waals surface area (Å²) in [6.45, 7) is 8.28. The normalized spacial score (nSPS) is 21.9. The first-order chi connectivity index (χ1) is 11.6. The zero-order chi connectivity index (χ0) is 18.8. The van der Waals surface area contributed by atoms with E-state index in [9.17, 15) is 14.7 Å². The van der Waals surface area contributed by atoms with Crippen molar-refractivity contribution in [2.75, 3.05) is 13.7 Å². The molecular weight excluding hydrogens is 322 g/mol. The molecule has 3 unspecified atom stereocenters. The van der Waals surface area contributed by atoms with Crippen LogP contribution in [0, 0.1) is 0 Å². The van der Waals surface area contributed by atoms with Gasteiger partial charge < -0.3 is 19.5 Å². The van der Waals surface area contributed by atoms with E-state index < -0.39 is 18.1 Å². The van der Waals surface area contributed by atoms with Crippen LogP contribution in [0.1, 0.15) is 39.7 Å². The number of nitrogens with zero attached hydrogens (tertiary/aromatic N) is 1. The summed E-state index contributed by atoms with van der Waals surface area (Å²) >= 11 is 0. The van der Waals surface area contributed by atoms with E-state index in [1.54, 1.807) is 6.92 Å². The topological polar surface area (TPSA) is 76.1 Å². The summed E-state index contributed by atoms with van der Waals surface area (Å²) in [6, 6.07) is 6.75. The minimum absolute atomic E-state index is 0.0411. The van der Waals surface area contributed by atoms with Crippen molar-refractivity contribution in [1.29, 1.82) is 0 Å². The number of methoxy groups -OCH3 is 1. The van der Waals surface area contributed by atoms with Gasteiger partial charge in [0.1, 0.15) is 11.8 Å². The third kappa shape index (κ3) is 4.51. The highest BCUT2D eigenvalue weighted by Gasteiger charge is 2.41. The molecule has 1 fully saturated rings. The minimum Gasteiger partial charge on any atom is -0.481 e. The maximum atomic E-state index is 12.6. The van der Waals surface area contributed by atoms with Crippen molar-refractivity contribution in [3.63, 3.8) is 0 Å². The van der Waals surface area contributed by atoms with Crippen molar-refractivity contribution in [2.24, 2.45) is 0 Å². The highest BCUT2D eigenvalue weighted by atomic mass is 16.5. The number of benzene rings is 1. The van der Waals surface area contributed by atoms with Gasteiger partial charge in [0.25, 0.3) is 5.91 Å². The lowest BCUT2D eigenvalue weighted by atomic mass is 9.87. The van der Waals surface area contributed by atoms with Gasteiger partial charge in [0.2, 0.25) is 0 Å². The maximum Gasteiger partial charge on any atom is 0.326 e. The average Bonchev–Trinajstić information content (AvgIpc) is 2.98. The molecule has 0 radical (unpaired) electrons. The lowest BCUT2D eigenvalue weighted by Gasteiger charge is -2.25. The zero-order valence-corrected chi connectivity index (χ0v) is 15.5. The van der Waals surface area contributed by atoms with Crippen LogP contribution in [-0.2, 0) is 19.7 Å². The largest absolute Gasteiger partial charge is 0.481 e. The first-order valence-electron chi connectivity index (χ1n) is 8.46. The summed E-state index contributed by atoms with van der Waals surface area (Å²) in [5.74, 6) is -0.773. The molecule has 3 atom stereocenters. The molecule has 1 N–H and O–H groups in total. The molecule has 1 aliphatic heterocycles. The van der Waals surface area contributed by atoms with Crippen molar-refractivity contribution < 1.29 is 24.2 Å². The van der Waals surface area contributed by atoms with Crippen LogP contribution >= 0.6 is 0 Å². The van der Waals surface area contributed by atoms with Crippen LogP contribution in [0.15, 0.2) is 24.3 Å². The lowest BCUT2D eigenvalue weighted by molar-refractivity contribution is -0.150. The van der Waals surface area contributed by atoms with Gasteiger partial charge in [-0.25, -0.2) is 4.79 Å². The molecule has 2 rings (SSSR count). The average molecular weight is 349 g/mol. The van der Waals surface area contributed by atoms with Gasteiger partial charge in [0.15, 0.2) is 6.10 Å². The molecule has 0 aliphatic carbocycles. The molecule has 1 amide bonds. The molecule has 6 heteroatoms. The van der Waals surface area contributed by atoms with E-state index in [4.69, 9.17) is 9.47 Å². The number of carboxylic acids is 1. The fourth-order valence-electron chi connectivity index (χ4n) is 2.97. The molecule has 1 aliphatic rings. The molecule has 0 spiro atoms. The Balaban J connectivity index is 2.05. The Kier molecular flexibility index (Phi) is 5.72. The van der Waals surface area contributed by atoms with Gasteiger partial charge in [-0.15, -0.1) is 0 Å². The smallest absolute Gasteiger partial charge is 0.326 e. The number of ether oxygens (including phenoxy) is 2. The Labute approximate surface area is 148 Å². The predicted octanol–water partition coefficient (Wildman–Crippen LogP) is 2.45. The molecule has 1 aromatic rings. The van der Waals surface area contributed by atoms with E-state index in [-0.39, 0.29) is 24.0 Å². The Hall–Kier alpha value is -2.08. The second kappa shape index (κ2) is 7.44. The van der Waals surface area contributed by atoms with Crippen molar-refractivity contribution >= 4 is 11.9 Å². The van der Waals surface area contributed by atoms with Gasteiger partial charge in [-0.1, -0.05) is 32.9 Å². The van der Waals surface area contributed by atoms with Gasteiger partial charge in [0.05, 0.1) is 6.10 Å². The summed E-state index contributed by atoms with van der Waals surface area (Å²) in [7, 11) is 1.52. The second-order valence-corrected chi connectivity index (χ2v) is 7.47. The van der Waals surface area contributed by atoms with Crippen LogP contribution in [0.4, 0.5) is 0 Å². The van der Waals surface area contributed by atoms with E-state index in [1.807, 2.05) is 24.3 Å². The molecule has 1 heterocycles. The molecule has 138 valence electrons. The number of amides is 1. The quantitative estimate of drug-likeness (QED) is 0.884. The van der Waals surface area contributed by atoms with Crippen molar-refractivity contribution in [3.8, 4) is 5.75 Å². The number of aliphatic carboxylic acids is 1. The molecule has 6 nitrogen and oxygen atoms in total. The molecule has 0 bridgehead atoms. The van der Waals surface area contributed by atoms with Crippen LogP contribution in [0.5, 0.6) is 5.75 Å². The van der Waals surface area contributed by atoms with Crippen LogP contribution in [-0.4, -0.2) is 53.8 Å². The molecule has 0 saturated carbocycles. The van der Waals surface area contributed by atoms with Crippen LogP contribution < -0.4 is 4.74 Å². The first kappa shape index (κ1) is 19.2. The SMILES string of the molecule is COC1CC(C(=O)O)N(C(=O)C(C)Oc2ccc(C(C)(C)C)cc2)C1. The fourth-order valence-corrected chi connectivity index (χ4v) is 2.97. The van der Waals surface area contributed by atoms with Gasteiger partial charge in [0, 0.05) is 20.1 Å². The summed E-state index contributed by atoms with van der Waals surface area (Å²) in [5, 5.41) is 9.33. The van der Waals surface area contributed by atoms with Crippen LogP contribution in [0.25, 0.3) is 0 Å². The Bertz CT molecular complexity index is 620. The molecule has 1 saturated heterocycles. The van der Waals surface area contributed by atoms with E-state index >= 15 is 0 Å². The Morgan fingerprint density at radius 2 is 1.84 bits per heavy atom. The van der Waals surface area contributed by atoms with Gasteiger partial charge in [-0.05, 0) is 30.0 Å². The highest BCUT2D eigenvalue weighted by molar-refractivity contribution is 5.87. The fraction of sp³-hybridized carbons (Fsp3) is 0.579. The summed E-state index contributed by atoms with van der Waals surface area (Å²) in [6.07, 6.45) is -0.730. The summed E-state index contributed by atoms with van der Waals surface area (Å²) < 4.78 is 10.9. The molecule has 0 aromatic heterocycles. The number of rotatable bonds is 5. The second-order valence-electron chi connectivity index (χ2n) is 7.47. The number of hydrogen-bond donors (Lipinski definition) is 1. The monoisotopic (exact) mass is 349 g/mol. The number of carboxylic acid groups (broad SMARTS) is 1. The first-order valence-corrected chi connectivity index (χ1v) is 8.46. The maximum absolute atomic E-state index is 12.6. The van der Waals surface area contributed by atoms with Gasteiger partial charge in [-0.2, -0.15) is 0 Å². The van der Waals surface area contributed by atoms with Crippen molar-refractivity contribution in [2.45, 2.75) is 57.8 Å². The molecular formula is C19H27NO5. The Morgan fingerprint density at radius 1 is 1.24 bits per heavy atom. The molecule has 25 heavy (non-hydrogen) atoms. The third-order valence-electron chi connectivity index (χ3n) is 4.55. The van der Waals surface area contributed by atoms with Crippen LogP contribution in [0.3, 0.4) is 0 Å². The minimum atomic E-state index is -1.02. The van der Waals surface area contributed by atoms with Crippen molar-refractivity contribution in [3.05, 3.63) is 29.8 Å². The van der Waals surface area contributed by atoms with Gasteiger partial charge >= 0.3 is 5.97 Å². The highest BCUT2D eigenvalue weighted by Crippen LogP contribution is 2.26. The van der Waals surface area contributed by atoms with E-state index in [1.165, 1.54) is 17.6 Å². The zero-order valence-electron chi connectivity index (χ0n) is 15.5. The number of hydrogen-bond acceptors (Lipinski definition) is 4. The Morgan fingerprint density at radius 3 is 2.32 bits per heavy atom. The predicted molar refractivity (Wildman–Crippen MR) is 93.8 cm³/mol. The number of carbonyl (C=O) groups is 2.